The Labute approximate surface area is 234 Å². The molecule has 0 atom stereocenters. The van der Waals surface area contributed by atoms with Crippen LogP contribution in [0.2, 0.25) is 0 Å². The van der Waals surface area contributed by atoms with Crippen molar-refractivity contribution in [3.8, 4) is 0 Å². The highest BCUT2D eigenvalue weighted by atomic mass is 32.2. The molecule has 39 heavy (non-hydrogen) atoms. The largest absolute Gasteiger partial charge is 0.336 e. The van der Waals surface area contributed by atoms with E-state index in [-0.39, 0.29) is 17.9 Å². The molecule has 0 spiro atoms. The van der Waals surface area contributed by atoms with Gasteiger partial charge in [0.2, 0.25) is 5.91 Å². The highest BCUT2D eigenvalue weighted by Crippen LogP contribution is 2.36. The Balaban J connectivity index is 1.15. The van der Waals surface area contributed by atoms with Crippen LogP contribution in [0.25, 0.3) is 0 Å². The van der Waals surface area contributed by atoms with Gasteiger partial charge in [-0.2, -0.15) is 0 Å². The highest BCUT2D eigenvalue weighted by Gasteiger charge is 2.29. The monoisotopic (exact) mass is 533 g/mol. The van der Waals surface area contributed by atoms with Crippen molar-refractivity contribution in [2.45, 2.75) is 17.5 Å². The first-order valence-corrected chi connectivity index (χ1v) is 14.4. The molecule has 0 unspecified atom stereocenters. The molecule has 2 amide bonds. The fraction of sp³-hybridized carbons (Fsp3) is 0.212. The summed E-state index contributed by atoms with van der Waals surface area (Å²) in [6, 6.07) is 37.1. The summed E-state index contributed by atoms with van der Waals surface area (Å²) in [5.74, 6) is 0.582. The number of fused-ring (bicyclic) bond motifs is 1. The van der Waals surface area contributed by atoms with Crippen molar-refractivity contribution in [3.05, 3.63) is 131 Å². The molecular formula is C33H31N3O2S. The molecule has 0 aromatic heterocycles. The van der Waals surface area contributed by atoms with Gasteiger partial charge in [0.25, 0.3) is 5.91 Å². The summed E-state index contributed by atoms with van der Waals surface area (Å²) in [6.45, 7) is 3.41. The van der Waals surface area contributed by atoms with Crippen molar-refractivity contribution in [1.82, 2.24) is 9.80 Å². The summed E-state index contributed by atoms with van der Waals surface area (Å²) >= 11 is 1.58. The average Bonchev–Trinajstić information content (AvgIpc) is 3.00. The van der Waals surface area contributed by atoms with Gasteiger partial charge in [0.15, 0.2) is 0 Å². The number of carbonyl (C=O) groups excluding carboxylic acids is 2. The molecule has 4 aromatic rings. The van der Waals surface area contributed by atoms with Crippen LogP contribution in [-0.4, -0.2) is 53.5 Å². The molecular weight excluding hydrogens is 502 g/mol. The third kappa shape index (κ3) is 5.49. The molecule has 0 N–H and O–H groups in total. The number of amides is 2. The van der Waals surface area contributed by atoms with E-state index in [9.17, 15) is 9.59 Å². The molecule has 5 nitrogen and oxygen atoms in total. The first kappa shape index (κ1) is 25.4. The second-order valence-corrected chi connectivity index (χ2v) is 11.0. The zero-order valence-corrected chi connectivity index (χ0v) is 22.6. The number of nitrogens with zero attached hydrogens (tertiary/aromatic N) is 3. The van der Waals surface area contributed by atoms with E-state index in [0.29, 0.717) is 31.0 Å². The maximum Gasteiger partial charge on any atom is 0.253 e. The Morgan fingerprint density at radius 3 is 2.08 bits per heavy atom. The van der Waals surface area contributed by atoms with E-state index in [4.69, 9.17) is 0 Å². The number of rotatable bonds is 6. The Hall–Kier alpha value is -3.87. The highest BCUT2D eigenvalue weighted by molar-refractivity contribution is 8.00. The van der Waals surface area contributed by atoms with Crippen LogP contribution in [0.5, 0.6) is 0 Å². The molecule has 0 bridgehead atoms. The summed E-state index contributed by atoms with van der Waals surface area (Å²) in [5, 5.41) is 0. The van der Waals surface area contributed by atoms with Crippen LogP contribution in [0.1, 0.15) is 33.1 Å². The van der Waals surface area contributed by atoms with Crippen LogP contribution in [0.15, 0.2) is 114 Å². The SMILES string of the molecule is O=C(c1cccc(CN2C(=O)CSc3ccccc32)c1)N1CCN(C(c2ccccc2)c2ccccc2)CC1. The van der Waals surface area contributed by atoms with Gasteiger partial charge in [-0.3, -0.25) is 14.5 Å². The second-order valence-electron chi connectivity index (χ2n) is 9.99. The van der Waals surface area contributed by atoms with Crippen molar-refractivity contribution in [2.24, 2.45) is 0 Å². The fourth-order valence-electron chi connectivity index (χ4n) is 5.56. The van der Waals surface area contributed by atoms with Gasteiger partial charge in [-0.15, -0.1) is 11.8 Å². The predicted octanol–water partition coefficient (Wildman–Crippen LogP) is 5.87. The van der Waals surface area contributed by atoms with E-state index in [1.54, 1.807) is 11.8 Å². The van der Waals surface area contributed by atoms with Gasteiger partial charge in [-0.1, -0.05) is 84.9 Å². The maximum atomic E-state index is 13.5. The van der Waals surface area contributed by atoms with Crippen molar-refractivity contribution in [2.75, 3.05) is 36.8 Å². The van der Waals surface area contributed by atoms with Crippen molar-refractivity contribution in [1.29, 1.82) is 0 Å². The Kier molecular flexibility index (Phi) is 7.48. The van der Waals surface area contributed by atoms with Gasteiger partial charge in [0, 0.05) is 36.6 Å². The summed E-state index contributed by atoms with van der Waals surface area (Å²) in [6.07, 6.45) is 0. The number of hydrogen-bond donors (Lipinski definition) is 0. The number of para-hydroxylation sites is 1. The minimum absolute atomic E-state index is 0.0494. The van der Waals surface area contributed by atoms with Crippen LogP contribution in [0.4, 0.5) is 5.69 Å². The minimum Gasteiger partial charge on any atom is -0.336 e. The van der Waals surface area contributed by atoms with E-state index in [1.807, 2.05) is 52.3 Å². The van der Waals surface area contributed by atoms with Gasteiger partial charge in [0.05, 0.1) is 24.0 Å². The maximum absolute atomic E-state index is 13.5. The number of thioether (sulfide) groups is 1. The third-order valence-corrected chi connectivity index (χ3v) is 8.57. The van der Waals surface area contributed by atoms with Crippen LogP contribution in [-0.2, 0) is 11.3 Å². The lowest BCUT2D eigenvalue weighted by molar-refractivity contribution is -0.116. The second kappa shape index (κ2) is 11.5. The molecule has 0 radical (unpaired) electrons. The van der Waals surface area contributed by atoms with E-state index in [0.717, 1.165) is 29.2 Å². The zero-order valence-electron chi connectivity index (χ0n) is 21.8. The summed E-state index contributed by atoms with van der Waals surface area (Å²) in [5.41, 5.74) is 5.11. The summed E-state index contributed by atoms with van der Waals surface area (Å²) in [7, 11) is 0. The first-order chi connectivity index (χ1) is 19.2. The number of carbonyl (C=O) groups is 2. The molecule has 0 aliphatic carbocycles. The van der Waals surface area contributed by atoms with Gasteiger partial charge in [-0.25, -0.2) is 0 Å². The van der Waals surface area contributed by atoms with Gasteiger partial charge >= 0.3 is 0 Å². The topological polar surface area (TPSA) is 43.9 Å². The molecule has 1 fully saturated rings. The standard InChI is InChI=1S/C33H31N3O2S/c37-31-24-39-30-17-8-7-16-29(30)36(31)23-25-10-9-15-28(22-25)33(38)35-20-18-34(19-21-35)32(26-11-3-1-4-12-26)27-13-5-2-6-14-27/h1-17,22,32H,18-21,23-24H2. The molecule has 196 valence electrons. The molecule has 2 aliphatic heterocycles. The van der Waals surface area contributed by atoms with Crippen molar-refractivity contribution < 1.29 is 9.59 Å². The lowest BCUT2D eigenvalue weighted by Crippen LogP contribution is -2.49. The van der Waals surface area contributed by atoms with E-state index in [2.05, 4.69) is 71.6 Å². The average molecular weight is 534 g/mol. The van der Waals surface area contributed by atoms with Crippen molar-refractivity contribution in [3.63, 3.8) is 0 Å². The molecule has 6 heteroatoms. The molecule has 6 rings (SSSR count). The Morgan fingerprint density at radius 1 is 0.744 bits per heavy atom. The normalized spacial score (nSPS) is 15.9. The quantitative estimate of drug-likeness (QED) is 0.311. The third-order valence-electron chi connectivity index (χ3n) is 7.52. The summed E-state index contributed by atoms with van der Waals surface area (Å²) in [4.78, 5) is 33.7. The molecule has 1 saturated heterocycles. The van der Waals surface area contributed by atoms with Gasteiger partial charge in [0.1, 0.15) is 0 Å². The lowest BCUT2D eigenvalue weighted by atomic mass is 9.96. The van der Waals surface area contributed by atoms with Gasteiger partial charge < -0.3 is 9.80 Å². The number of hydrogen-bond acceptors (Lipinski definition) is 4. The van der Waals surface area contributed by atoms with Crippen LogP contribution in [0.3, 0.4) is 0 Å². The molecule has 0 saturated carbocycles. The van der Waals surface area contributed by atoms with Crippen molar-refractivity contribution >= 4 is 29.3 Å². The van der Waals surface area contributed by atoms with Crippen LogP contribution < -0.4 is 4.90 Å². The predicted molar refractivity (Wildman–Crippen MR) is 157 cm³/mol. The molecule has 2 aliphatic rings. The minimum atomic E-state index is 0.0494. The van der Waals surface area contributed by atoms with E-state index >= 15 is 0 Å². The van der Waals surface area contributed by atoms with E-state index in [1.165, 1.54) is 11.1 Å². The first-order valence-electron chi connectivity index (χ1n) is 13.4. The van der Waals surface area contributed by atoms with Gasteiger partial charge in [-0.05, 0) is 41.0 Å². The number of anilines is 1. The number of piperazine rings is 1. The number of benzene rings is 4. The lowest BCUT2D eigenvalue weighted by Gasteiger charge is -2.40. The molecule has 4 aromatic carbocycles. The van der Waals surface area contributed by atoms with Crippen LogP contribution in [0, 0.1) is 0 Å². The van der Waals surface area contributed by atoms with E-state index < -0.39 is 0 Å². The zero-order chi connectivity index (χ0) is 26.6. The smallest absolute Gasteiger partial charge is 0.253 e. The Morgan fingerprint density at radius 2 is 1.38 bits per heavy atom. The van der Waals surface area contributed by atoms with Crippen LogP contribution >= 0.6 is 11.8 Å². The Bertz CT molecular complexity index is 1410. The fourth-order valence-corrected chi connectivity index (χ4v) is 6.50. The summed E-state index contributed by atoms with van der Waals surface area (Å²) < 4.78 is 0. The molecule has 2 heterocycles.